The van der Waals surface area contributed by atoms with Crippen molar-refractivity contribution in [3.05, 3.63) is 65.2 Å². The molecule has 0 radical (unpaired) electrons. The molecule has 1 heterocycles. The van der Waals surface area contributed by atoms with E-state index < -0.39 is 0 Å². The molecular formula is C21H27N3O3. The number of nitrogens with one attached hydrogen (secondary N) is 3. The van der Waals surface area contributed by atoms with Gasteiger partial charge in [0, 0.05) is 12.6 Å². The highest BCUT2D eigenvalue weighted by Crippen LogP contribution is 2.26. The van der Waals surface area contributed by atoms with Crippen molar-refractivity contribution < 1.29 is 14.6 Å². The molecule has 2 aromatic carbocycles. The molecule has 6 nitrogen and oxygen atoms in total. The maximum absolute atomic E-state index is 12.8. The fraction of sp³-hybridized carbons (Fsp3) is 0.381. The Bertz CT molecular complexity index is 764. The van der Waals surface area contributed by atoms with Crippen LogP contribution in [-0.4, -0.2) is 30.8 Å². The second kappa shape index (κ2) is 8.99. The van der Waals surface area contributed by atoms with Gasteiger partial charge < -0.3 is 15.2 Å². The first kappa shape index (κ1) is 19.4. The van der Waals surface area contributed by atoms with Crippen LogP contribution in [0.5, 0.6) is 5.75 Å². The predicted molar refractivity (Wildman–Crippen MR) is 104 cm³/mol. The van der Waals surface area contributed by atoms with Crippen LogP contribution in [0.2, 0.25) is 0 Å². The molecule has 1 amide bonds. The van der Waals surface area contributed by atoms with E-state index in [1.807, 2.05) is 55.5 Å². The Hall–Kier alpha value is -2.41. The van der Waals surface area contributed by atoms with Gasteiger partial charge in [-0.3, -0.25) is 4.79 Å². The van der Waals surface area contributed by atoms with Crippen LogP contribution in [0.3, 0.4) is 0 Å². The van der Waals surface area contributed by atoms with Gasteiger partial charge in [-0.15, -0.1) is 0 Å². The maximum atomic E-state index is 12.8. The molecule has 3 rings (SSSR count). The van der Waals surface area contributed by atoms with Crippen molar-refractivity contribution in [3.8, 4) is 5.75 Å². The fourth-order valence-corrected chi connectivity index (χ4v) is 3.33. The number of rotatable bonds is 7. The monoisotopic (exact) mass is 369 g/mol. The highest BCUT2D eigenvalue weighted by atomic mass is 16.5. The molecule has 0 aliphatic carbocycles. The number of amides is 1. The summed E-state index contributed by atoms with van der Waals surface area (Å²) < 4.78 is 5.27. The summed E-state index contributed by atoms with van der Waals surface area (Å²) in [6.45, 7) is 2.04. The van der Waals surface area contributed by atoms with E-state index in [0.717, 1.165) is 22.4 Å². The number of carbonyl (C=O) groups is 1. The van der Waals surface area contributed by atoms with E-state index in [0.29, 0.717) is 12.8 Å². The summed E-state index contributed by atoms with van der Waals surface area (Å²) in [5, 5.41) is 12.4. The first-order valence-electron chi connectivity index (χ1n) is 9.23. The summed E-state index contributed by atoms with van der Waals surface area (Å²) >= 11 is 0. The minimum atomic E-state index is -0.340. The molecule has 0 saturated carbocycles. The lowest BCUT2D eigenvalue weighted by Gasteiger charge is -2.20. The maximum Gasteiger partial charge on any atom is 0.239 e. The molecule has 1 aliphatic rings. The normalized spacial score (nSPS) is 20.3. The smallest absolute Gasteiger partial charge is 0.239 e. The van der Waals surface area contributed by atoms with Crippen molar-refractivity contribution in [2.75, 3.05) is 13.7 Å². The number of hydrogen-bond acceptors (Lipinski definition) is 5. The van der Waals surface area contributed by atoms with Crippen molar-refractivity contribution >= 4 is 5.91 Å². The molecule has 0 bridgehead atoms. The lowest BCUT2D eigenvalue weighted by atomic mass is 9.99. The van der Waals surface area contributed by atoms with E-state index in [2.05, 4.69) is 16.2 Å². The Kier molecular flexibility index (Phi) is 6.45. The van der Waals surface area contributed by atoms with E-state index in [1.165, 1.54) is 0 Å². The highest BCUT2D eigenvalue weighted by Gasteiger charge is 2.31. The number of aryl methyl sites for hydroxylation is 1. The molecule has 4 N–H and O–H groups in total. The average Bonchev–Trinajstić information content (AvgIpc) is 3.19. The van der Waals surface area contributed by atoms with Gasteiger partial charge in [0.2, 0.25) is 5.91 Å². The third kappa shape index (κ3) is 4.86. The van der Waals surface area contributed by atoms with E-state index in [4.69, 9.17) is 4.74 Å². The number of hydrazine groups is 1. The van der Waals surface area contributed by atoms with Gasteiger partial charge in [0.15, 0.2) is 0 Å². The van der Waals surface area contributed by atoms with Crippen LogP contribution in [-0.2, 0) is 4.79 Å². The molecule has 1 saturated heterocycles. The van der Waals surface area contributed by atoms with Gasteiger partial charge in [-0.1, -0.05) is 42.0 Å². The van der Waals surface area contributed by atoms with Gasteiger partial charge in [0.05, 0.1) is 13.2 Å². The quantitative estimate of drug-likeness (QED) is 0.601. The first-order chi connectivity index (χ1) is 13.1. The summed E-state index contributed by atoms with van der Waals surface area (Å²) in [6, 6.07) is 15.3. The van der Waals surface area contributed by atoms with Gasteiger partial charge in [-0.2, -0.15) is 0 Å². The van der Waals surface area contributed by atoms with E-state index >= 15 is 0 Å². The standard InChI is InChI=1S/C21H27N3O3/c1-14-6-8-15(9-7-14)18(10-11-25)22-21(26)20-13-19(23-24-20)16-4-3-5-17(12-16)27-2/h3-9,12,18-20,23-25H,10-11,13H2,1-2H3,(H,22,26). The number of hydrogen-bond donors (Lipinski definition) is 4. The van der Waals surface area contributed by atoms with E-state index in [-0.39, 0.29) is 30.6 Å². The SMILES string of the molecule is COc1cccc(C2CC(C(=O)NC(CCO)c3ccc(C)cc3)NN2)c1. The van der Waals surface area contributed by atoms with Crippen LogP contribution in [0, 0.1) is 6.92 Å². The van der Waals surface area contributed by atoms with Crippen LogP contribution in [0.25, 0.3) is 0 Å². The first-order valence-corrected chi connectivity index (χ1v) is 9.23. The average molecular weight is 369 g/mol. The minimum Gasteiger partial charge on any atom is -0.497 e. The number of aliphatic hydroxyl groups excluding tert-OH is 1. The third-order valence-corrected chi connectivity index (χ3v) is 4.93. The van der Waals surface area contributed by atoms with Gasteiger partial charge >= 0.3 is 0 Å². The van der Waals surface area contributed by atoms with Crippen LogP contribution < -0.4 is 20.9 Å². The van der Waals surface area contributed by atoms with Gasteiger partial charge in [-0.05, 0) is 43.0 Å². The molecule has 1 fully saturated rings. The molecule has 3 atom stereocenters. The van der Waals surface area contributed by atoms with Gasteiger partial charge in [0.25, 0.3) is 0 Å². The second-order valence-corrected chi connectivity index (χ2v) is 6.89. The second-order valence-electron chi connectivity index (χ2n) is 6.89. The summed E-state index contributed by atoms with van der Waals surface area (Å²) in [5.41, 5.74) is 9.51. The van der Waals surface area contributed by atoms with Crippen LogP contribution in [0.1, 0.15) is 41.6 Å². The van der Waals surface area contributed by atoms with Crippen molar-refractivity contribution in [1.29, 1.82) is 0 Å². The Morgan fingerprint density at radius 2 is 2.04 bits per heavy atom. The number of methoxy groups -OCH3 is 1. The molecule has 0 spiro atoms. The molecule has 6 heteroatoms. The number of aliphatic hydroxyl groups is 1. The van der Waals surface area contributed by atoms with E-state index in [9.17, 15) is 9.90 Å². The van der Waals surface area contributed by atoms with Gasteiger partial charge in [0.1, 0.15) is 11.8 Å². The Balaban J connectivity index is 1.64. The third-order valence-electron chi connectivity index (χ3n) is 4.93. The highest BCUT2D eigenvalue weighted by molar-refractivity contribution is 5.82. The topological polar surface area (TPSA) is 82.6 Å². The number of carbonyl (C=O) groups excluding carboxylic acids is 1. The van der Waals surface area contributed by atoms with Crippen molar-refractivity contribution in [2.24, 2.45) is 0 Å². The van der Waals surface area contributed by atoms with Gasteiger partial charge in [-0.25, -0.2) is 10.9 Å². The molecule has 1 aliphatic heterocycles. The summed E-state index contributed by atoms with van der Waals surface area (Å²) in [7, 11) is 1.64. The Morgan fingerprint density at radius 3 is 2.74 bits per heavy atom. The van der Waals surface area contributed by atoms with Crippen molar-refractivity contribution in [2.45, 2.75) is 37.9 Å². The lowest BCUT2D eigenvalue weighted by molar-refractivity contribution is -0.123. The largest absolute Gasteiger partial charge is 0.497 e. The zero-order valence-corrected chi connectivity index (χ0v) is 15.7. The van der Waals surface area contributed by atoms with Crippen LogP contribution >= 0.6 is 0 Å². The summed E-state index contributed by atoms with van der Waals surface area (Å²) in [6.07, 6.45) is 1.12. The molecule has 2 aromatic rings. The van der Waals surface area contributed by atoms with Crippen molar-refractivity contribution in [1.82, 2.24) is 16.2 Å². The molecule has 0 aromatic heterocycles. The van der Waals surface area contributed by atoms with Crippen molar-refractivity contribution in [3.63, 3.8) is 0 Å². The lowest BCUT2D eigenvalue weighted by Crippen LogP contribution is -2.44. The molecule has 144 valence electrons. The fourth-order valence-electron chi connectivity index (χ4n) is 3.33. The minimum absolute atomic E-state index is 0.0155. The van der Waals surface area contributed by atoms with Crippen LogP contribution in [0.15, 0.2) is 48.5 Å². The zero-order valence-electron chi connectivity index (χ0n) is 15.7. The Morgan fingerprint density at radius 1 is 1.26 bits per heavy atom. The number of ether oxygens (including phenoxy) is 1. The summed E-state index contributed by atoms with van der Waals surface area (Å²) in [5.74, 6) is 0.719. The molecule has 3 unspecified atom stereocenters. The zero-order chi connectivity index (χ0) is 19.2. The Labute approximate surface area is 159 Å². The molecule has 27 heavy (non-hydrogen) atoms. The van der Waals surface area contributed by atoms with Crippen LogP contribution in [0.4, 0.5) is 0 Å². The number of benzene rings is 2. The predicted octanol–water partition coefficient (Wildman–Crippen LogP) is 2.15. The summed E-state index contributed by atoms with van der Waals surface area (Å²) in [4.78, 5) is 12.8. The molecular weight excluding hydrogens is 342 g/mol. The van der Waals surface area contributed by atoms with E-state index in [1.54, 1.807) is 7.11 Å².